The molecule has 0 saturated heterocycles. The van der Waals surface area contributed by atoms with Crippen LogP contribution in [0.5, 0.6) is 0 Å². The van der Waals surface area contributed by atoms with Crippen LogP contribution in [0.15, 0.2) is 35.5 Å². The largest absolute Gasteiger partial charge is 0.465 e. The number of rotatable bonds is 4. The van der Waals surface area contributed by atoms with Crippen LogP contribution in [0.3, 0.4) is 0 Å². The smallest absolute Gasteiger partial charge is 0.404 e. The number of halogens is 1. The summed E-state index contributed by atoms with van der Waals surface area (Å²) in [7, 11) is 0. The number of aromatic nitrogens is 1. The van der Waals surface area contributed by atoms with Gasteiger partial charge in [0.05, 0.1) is 0 Å². The molecular weight excluding hydrogens is 272 g/mol. The van der Waals surface area contributed by atoms with Gasteiger partial charge in [0.2, 0.25) is 0 Å². The van der Waals surface area contributed by atoms with Gasteiger partial charge in [0.25, 0.3) is 0 Å². The molecule has 1 aromatic carbocycles. The average molecular weight is 283 g/mol. The van der Waals surface area contributed by atoms with Gasteiger partial charge in [0.15, 0.2) is 0 Å². The predicted molar refractivity (Wildman–Crippen MR) is 73.5 cm³/mol. The molecule has 0 aliphatic rings. The second-order valence-electron chi connectivity index (χ2n) is 3.58. The number of thioether (sulfide) groups is 1. The van der Waals surface area contributed by atoms with Gasteiger partial charge in [-0.1, -0.05) is 11.6 Å². The zero-order valence-electron chi connectivity index (χ0n) is 9.39. The third kappa shape index (κ3) is 3.27. The molecule has 0 saturated carbocycles. The van der Waals surface area contributed by atoms with Crippen LogP contribution < -0.4 is 5.32 Å². The summed E-state index contributed by atoms with van der Waals surface area (Å²) in [5.41, 5.74) is 0. The number of nitrogens with one attached hydrogen (secondary N) is 1. The van der Waals surface area contributed by atoms with E-state index in [9.17, 15) is 4.79 Å². The van der Waals surface area contributed by atoms with E-state index < -0.39 is 6.09 Å². The third-order valence-electron chi connectivity index (χ3n) is 2.32. The van der Waals surface area contributed by atoms with E-state index in [2.05, 4.69) is 10.3 Å². The van der Waals surface area contributed by atoms with E-state index in [1.54, 1.807) is 24.2 Å². The monoisotopic (exact) mass is 282 g/mol. The number of hydrogen-bond donors (Lipinski definition) is 2. The van der Waals surface area contributed by atoms with Gasteiger partial charge in [-0.25, -0.2) is 4.79 Å². The maximum absolute atomic E-state index is 10.3. The summed E-state index contributed by atoms with van der Waals surface area (Å²) in [6.07, 6.45) is 2.49. The third-order valence-corrected chi connectivity index (χ3v) is 3.59. The minimum atomic E-state index is -1.00. The number of hydrogen-bond acceptors (Lipinski definition) is 3. The lowest BCUT2D eigenvalue weighted by Gasteiger charge is -2.07. The van der Waals surface area contributed by atoms with Gasteiger partial charge in [-0.15, -0.1) is 11.8 Å². The summed E-state index contributed by atoms with van der Waals surface area (Å²) >= 11 is 7.60. The number of carbonyl (C=O) groups is 1. The number of pyridine rings is 1. The van der Waals surface area contributed by atoms with Crippen molar-refractivity contribution < 1.29 is 9.90 Å². The fourth-order valence-corrected chi connectivity index (χ4v) is 2.84. The van der Waals surface area contributed by atoms with E-state index in [1.807, 2.05) is 18.2 Å². The lowest BCUT2D eigenvalue weighted by Crippen LogP contribution is -2.23. The second-order valence-corrected chi connectivity index (χ2v) is 5.15. The molecule has 2 rings (SSSR count). The summed E-state index contributed by atoms with van der Waals surface area (Å²) in [6.45, 7) is 0.402. The van der Waals surface area contributed by atoms with Gasteiger partial charge in [0, 0.05) is 40.0 Å². The van der Waals surface area contributed by atoms with Gasteiger partial charge in [0.1, 0.15) is 0 Å². The topological polar surface area (TPSA) is 62.2 Å². The molecule has 0 aliphatic heterocycles. The number of benzene rings is 1. The van der Waals surface area contributed by atoms with Crippen LogP contribution in [0.2, 0.25) is 5.02 Å². The molecule has 1 heterocycles. The molecule has 0 spiro atoms. The van der Waals surface area contributed by atoms with Crippen LogP contribution in [0.1, 0.15) is 0 Å². The average Bonchev–Trinajstić information content (AvgIpc) is 2.34. The van der Waals surface area contributed by atoms with Crippen molar-refractivity contribution >= 4 is 40.2 Å². The van der Waals surface area contributed by atoms with Crippen LogP contribution in [0, 0.1) is 0 Å². The van der Waals surface area contributed by atoms with E-state index in [-0.39, 0.29) is 0 Å². The lowest BCUT2D eigenvalue weighted by atomic mass is 10.2. The molecule has 0 atom stereocenters. The van der Waals surface area contributed by atoms with Crippen LogP contribution in [-0.4, -0.2) is 28.5 Å². The highest BCUT2D eigenvalue weighted by atomic mass is 35.5. The Morgan fingerprint density at radius 2 is 2.33 bits per heavy atom. The molecule has 0 bridgehead atoms. The molecule has 6 heteroatoms. The Morgan fingerprint density at radius 3 is 3.11 bits per heavy atom. The predicted octanol–water partition coefficient (Wildman–Crippen LogP) is 3.25. The Labute approximate surface area is 113 Å². The summed E-state index contributed by atoms with van der Waals surface area (Å²) < 4.78 is 0. The summed E-state index contributed by atoms with van der Waals surface area (Å²) in [5, 5.41) is 13.5. The number of fused-ring (bicyclic) bond motifs is 1. The van der Waals surface area contributed by atoms with Crippen LogP contribution in [-0.2, 0) is 0 Å². The highest BCUT2D eigenvalue weighted by Crippen LogP contribution is 2.30. The molecule has 1 amide bonds. The fourth-order valence-electron chi connectivity index (χ4n) is 1.58. The van der Waals surface area contributed by atoms with Crippen LogP contribution >= 0.6 is 23.4 Å². The van der Waals surface area contributed by atoms with Crippen molar-refractivity contribution in [2.24, 2.45) is 0 Å². The molecule has 0 unspecified atom stereocenters. The molecule has 2 aromatic rings. The zero-order valence-corrected chi connectivity index (χ0v) is 11.0. The first-order valence-corrected chi connectivity index (χ1v) is 6.66. The van der Waals surface area contributed by atoms with Crippen molar-refractivity contribution in [3.05, 3.63) is 35.6 Å². The van der Waals surface area contributed by atoms with Gasteiger partial charge in [-0.3, -0.25) is 4.98 Å². The van der Waals surface area contributed by atoms with E-state index in [1.165, 1.54) is 0 Å². The van der Waals surface area contributed by atoms with Gasteiger partial charge >= 0.3 is 6.09 Å². The highest BCUT2D eigenvalue weighted by molar-refractivity contribution is 7.99. The fraction of sp³-hybridized carbons (Fsp3) is 0.167. The number of amides is 1. The van der Waals surface area contributed by atoms with Crippen molar-refractivity contribution in [1.82, 2.24) is 10.3 Å². The molecule has 4 nitrogen and oxygen atoms in total. The first-order valence-electron chi connectivity index (χ1n) is 5.29. The molecule has 1 aromatic heterocycles. The summed E-state index contributed by atoms with van der Waals surface area (Å²) in [6, 6.07) is 5.68. The van der Waals surface area contributed by atoms with Gasteiger partial charge in [-0.2, -0.15) is 0 Å². The van der Waals surface area contributed by atoms with E-state index in [0.717, 1.165) is 15.7 Å². The van der Waals surface area contributed by atoms with Crippen molar-refractivity contribution in [3.63, 3.8) is 0 Å². The second kappa shape index (κ2) is 5.93. The molecular formula is C12H11ClN2O2S. The Balaban J connectivity index is 2.14. The minimum absolute atomic E-state index is 0.402. The minimum Gasteiger partial charge on any atom is -0.465 e. The standard InChI is InChI=1S/C12H11ClN2O2S/c13-9-5-8-7-14-2-1-10(8)11(6-9)18-4-3-15-12(16)17/h1-2,5-7,15H,3-4H2,(H,16,17). The van der Waals surface area contributed by atoms with Gasteiger partial charge in [-0.05, 0) is 23.6 Å². The normalized spacial score (nSPS) is 10.5. The molecule has 2 N–H and O–H groups in total. The maximum atomic E-state index is 10.3. The molecule has 94 valence electrons. The van der Waals surface area contributed by atoms with Crippen LogP contribution in [0.4, 0.5) is 4.79 Å². The van der Waals surface area contributed by atoms with Crippen LogP contribution in [0.25, 0.3) is 10.8 Å². The Morgan fingerprint density at radius 1 is 1.50 bits per heavy atom. The van der Waals surface area contributed by atoms with Crippen molar-refractivity contribution in [2.75, 3.05) is 12.3 Å². The first kappa shape index (κ1) is 13.0. The lowest BCUT2D eigenvalue weighted by molar-refractivity contribution is 0.195. The first-order chi connectivity index (χ1) is 8.66. The zero-order chi connectivity index (χ0) is 13.0. The maximum Gasteiger partial charge on any atom is 0.404 e. The van der Waals surface area contributed by atoms with Crippen molar-refractivity contribution in [2.45, 2.75) is 4.90 Å². The summed E-state index contributed by atoms with van der Waals surface area (Å²) in [5.74, 6) is 0.657. The molecule has 18 heavy (non-hydrogen) atoms. The van der Waals surface area contributed by atoms with E-state index >= 15 is 0 Å². The number of carboxylic acid groups (broad SMARTS) is 1. The van der Waals surface area contributed by atoms with Gasteiger partial charge < -0.3 is 10.4 Å². The number of nitrogens with zero attached hydrogens (tertiary/aromatic N) is 1. The SMILES string of the molecule is O=C(O)NCCSc1cc(Cl)cc2cnccc12. The molecule has 0 fully saturated rings. The Hall–Kier alpha value is -1.46. The summed E-state index contributed by atoms with van der Waals surface area (Å²) in [4.78, 5) is 15.4. The van der Waals surface area contributed by atoms with Crippen molar-refractivity contribution in [1.29, 1.82) is 0 Å². The molecule has 0 aliphatic carbocycles. The Bertz CT molecular complexity index is 577. The Kier molecular flexibility index (Phi) is 4.28. The highest BCUT2D eigenvalue weighted by Gasteiger charge is 2.04. The van der Waals surface area contributed by atoms with E-state index in [0.29, 0.717) is 17.3 Å². The van der Waals surface area contributed by atoms with Crippen molar-refractivity contribution in [3.8, 4) is 0 Å². The quantitative estimate of drug-likeness (QED) is 0.667. The molecule has 0 radical (unpaired) electrons. The van der Waals surface area contributed by atoms with E-state index in [4.69, 9.17) is 16.7 Å².